The van der Waals surface area contributed by atoms with Crippen LogP contribution in [0, 0.1) is 0 Å². The van der Waals surface area contributed by atoms with Gasteiger partial charge in [0.2, 0.25) is 10.0 Å². The van der Waals surface area contributed by atoms with Crippen LogP contribution in [0.5, 0.6) is 0 Å². The summed E-state index contributed by atoms with van der Waals surface area (Å²) in [5.74, 6) is 1.46. The van der Waals surface area contributed by atoms with Gasteiger partial charge < -0.3 is 10.5 Å². The Hall–Kier alpha value is -1.72. The Labute approximate surface area is 163 Å². The summed E-state index contributed by atoms with van der Waals surface area (Å²) in [6.07, 6.45) is 1.77. The molecule has 1 saturated heterocycles. The molecule has 0 radical (unpaired) electrons. The highest BCUT2D eigenvalue weighted by Crippen LogP contribution is 2.27. The summed E-state index contributed by atoms with van der Waals surface area (Å²) in [5.41, 5.74) is 4.55. The lowest BCUT2D eigenvalue weighted by molar-refractivity contribution is -0.360. The van der Waals surface area contributed by atoms with E-state index in [1.165, 1.54) is 4.31 Å². The molecular weight excluding hydrogens is 386 g/mol. The normalized spacial score (nSPS) is 15.7. The predicted octanol–water partition coefficient (Wildman–Crippen LogP) is 0.486. The van der Waals surface area contributed by atoms with Crippen molar-refractivity contribution in [2.45, 2.75) is 16.6 Å². The summed E-state index contributed by atoms with van der Waals surface area (Å²) in [4.78, 5) is 0.252. The van der Waals surface area contributed by atoms with E-state index in [-0.39, 0.29) is 4.90 Å². The van der Waals surface area contributed by atoms with Gasteiger partial charge in [0, 0.05) is 25.2 Å². The molecule has 0 atom stereocenters. The quantitative estimate of drug-likeness (QED) is 0.501. The summed E-state index contributed by atoms with van der Waals surface area (Å²) >= 11 is 1.57. The first-order valence-corrected chi connectivity index (χ1v) is 11.1. The summed E-state index contributed by atoms with van der Waals surface area (Å²) in [6.45, 7) is 6.69. The maximum atomic E-state index is 12.9. The summed E-state index contributed by atoms with van der Waals surface area (Å²) in [7, 11) is -3.56. The van der Waals surface area contributed by atoms with Gasteiger partial charge in [-0.05, 0) is 12.1 Å². The standard InChI is InChI=1S/C17H23N5O3S2/c1-2-7-22-16(19-20-17(22)26-12-6-18)14-4-3-5-15(13-14)27(23,24)21-8-10-25-11-9-21/h2-5,13H,1,6-12,18H2/p+1. The first kappa shape index (κ1) is 20.0. The van der Waals surface area contributed by atoms with E-state index < -0.39 is 10.0 Å². The van der Waals surface area contributed by atoms with E-state index >= 15 is 0 Å². The van der Waals surface area contributed by atoms with Crippen LogP contribution in [0.3, 0.4) is 0 Å². The molecule has 3 N–H and O–H groups in total. The third-order valence-electron chi connectivity index (χ3n) is 4.10. The van der Waals surface area contributed by atoms with Crippen LogP contribution in [0.1, 0.15) is 0 Å². The number of rotatable bonds is 8. The number of ether oxygens (including phenoxy) is 1. The van der Waals surface area contributed by atoms with E-state index in [2.05, 4.69) is 22.5 Å². The van der Waals surface area contributed by atoms with Crippen LogP contribution in [0.15, 0.2) is 47.0 Å². The molecule has 1 aliphatic heterocycles. The molecule has 1 aliphatic rings. The molecule has 1 aromatic heterocycles. The average molecular weight is 411 g/mol. The Balaban J connectivity index is 1.96. The number of hydrogen-bond acceptors (Lipinski definition) is 6. The minimum Gasteiger partial charge on any atom is -0.379 e. The largest absolute Gasteiger partial charge is 0.379 e. The van der Waals surface area contributed by atoms with Crippen molar-refractivity contribution in [3.05, 3.63) is 36.9 Å². The third-order valence-corrected chi connectivity index (χ3v) is 7.05. The Bertz CT molecular complexity index is 892. The van der Waals surface area contributed by atoms with Crippen LogP contribution in [0.25, 0.3) is 11.4 Å². The molecule has 1 aromatic carbocycles. The van der Waals surface area contributed by atoms with E-state index in [4.69, 9.17) is 4.74 Å². The first-order chi connectivity index (χ1) is 13.1. The molecule has 8 nitrogen and oxygen atoms in total. The Morgan fingerprint density at radius 1 is 1.30 bits per heavy atom. The van der Waals surface area contributed by atoms with Crippen molar-refractivity contribution in [3.8, 4) is 11.4 Å². The Kier molecular flexibility index (Phi) is 6.66. The second-order valence-corrected chi connectivity index (χ2v) is 8.95. The summed E-state index contributed by atoms with van der Waals surface area (Å²) < 4.78 is 34.5. The second kappa shape index (κ2) is 8.98. The van der Waals surface area contributed by atoms with Crippen LogP contribution >= 0.6 is 11.8 Å². The highest BCUT2D eigenvalue weighted by molar-refractivity contribution is 7.99. The predicted molar refractivity (Wildman–Crippen MR) is 104 cm³/mol. The fourth-order valence-corrected chi connectivity index (χ4v) is 4.99. The van der Waals surface area contributed by atoms with Crippen molar-refractivity contribution in [2.24, 2.45) is 0 Å². The molecule has 146 valence electrons. The topological polar surface area (TPSA) is 105 Å². The van der Waals surface area contributed by atoms with Gasteiger partial charge in [0.05, 0.1) is 30.4 Å². The molecule has 2 aromatic rings. The molecule has 0 bridgehead atoms. The number of sulfonamides is 1. The van der Waals surface area contributed by atoms with Crippen molar-refractivity contribution in [3.63, 3.8) is 0 Å². The van der Waals surface area contributed by atoms with Crippen LogP contribution < -0.4 is 5.73 Å². The maximum absolute atomic E-state index is 12.9. The Morgan fingerprint density at radius 2 is 2.07 bits per heavy atom. The molecule has 0 amide bonds. The monoisotopic (exact) mass is 410 g/mol. The zero-order valence-electron chi connectivity index (χ0n) is 15.1. The summed E-state index contributed by atoms with van der Waals surface area (Å²) in [6, 6.07) is 6.85. The molecule has 27 heavy (non-hydrogen) atoms. The van der Waals surface area contributed by atoms with Crippen LogP contribution in [-0.2, 0) is 21.3 Å². The lowest BCUT2D eigenvalue weighted by atomic mass is 10.2. The van der Waals surface area contributed by atoms with Gasteiger partial charge >= 0.3 is 0 Å². The maximum Gasteiger partial charge on any atom is 0.243 e. The van der Waals surface area contributed by atoms with Crippen LogP contribution in [0.4, 0.5) is 0 Å². The lowest BCUT2D eigenvalue weighted by Gasteiger charge is -2.26. The van der Waals surface area contributed by atoms with Gasteiger partial charge in [-0.2, -0.15) is 4.31 Å². The zero-order chi connectivity index (χ0) is 19.3. The average Bonchev–Trinajstić information content (AvgIpc) is 3.10. The molecular formula is C17H24N5O3S2+. The molecule has 0 unspecified atom stereocenters. The van der Waals surface area contributed by atoms with Crippen molar-refractivity contribution >= 4 is 21.8 Å². The second-order valence-electron chi connectivity index (χ2n) is 5.95. The number of thioether (sulfide) groups is 1. The number of quaternary nitrogens is 1. The van der Waals surface area contributed by atoms with Gasteiger partial charge in [0.1, 0.15) is 0 Å². The Morgan fingerprint density at radius 3 is 2.78 bits per heavy atom. The van der Waals surface area contributed by atoms with Crippen molar-refractivity contribution < 1.29 is 18.9 Å². The molecule has 0 spiro atoms. The number of benzene rings is 1. The molecule has 1 fully saturated rings. The highest BCUT2D eigenvalue weighted by atomic mass is 32.2. The van der Waals surface area contributed by atoms with Gasteiger partial charge in [0.25, 0.3) is 0 Å². The minimum absolute atomic E-state index is 0.252. The molecule has 3 rings (SSSR count). The lowest BCUT2D eigenvalue weighted by Crippen LogP contribution is -2.51. The number of hydrogen-bond donors (Lipinski definition) is 1. The SMILES string of the molecule is C=CCn1c(SCC[NH3+])nnc1-c1cccc(S(=O)(=O)N2CCOCC2)c1. The van der Waals surface area contributed by atoms with Gasteiger partial charge in [-0.1, -0.05) is 30.0 Å². The molecule has 2 heterocycles. The zero-order valence-corrected chi connectivity index (χ0v) is 16.7. The number of morpholine rings is 1. The van der Waals surface area contributed by atoms with Gasteiger partial charge in [-0.3, -0.25) is 4.57 Å². The van der Waals surface area contributed by atoms with E-state index in [1.54, 1.807) is 36.0 Å². The van der Waals surface area contributed by atoms with E-state index in [0.717, 1.165) is 17.5 Å². The van der Waals surface area contributed by atoms with Gasteiger partial charge in [-0.25, -0.2) is 8.42 Å². The van der Waals surface area contributed by atoms with Crippen LogP contribution in [0.2, 0.25) is 0 Å². The first-order valence-electron chi connectivity index (χ1n) is 8.72. The smallest absolute Gasteiger partial charge is 0.243 e. The number of aromatic nitrogens is 3. The summed E-state index contributed by atoms with van der Waals surface area (Å²) in [5, 5.41) is 9.32. The fraction of sp³-hybridized carbons (Fsp3) is 0.412. The van der Waals surface area contributed by atoms with E-state index in [0.29, 0.717) is 44.2 Å². The fourth-order valence-electron chi connectivity index (χ4n) is 2.80. The third kappa shape index (κ3) is 4.41. The van der Waals surface area contributed by atoms with Gasteiger partial charge in [-0.15, -0.1) is 16.8 Å². The molecule has 0 aliphatic carbocycles. The minimum atomic E-state index is -3.56. The number of allylic oxidation sites excluding steroid dienone is 1. The van der Waals surface area contributed by atoms with Crippen molar-refractivity contribution in [2.75, 3.05) is 38.6 Å². The number of nitrogens with zero attached hydrogens (tertiary/aromatic N) is 4. The van der Waals surface area contributed by atoms with Crippen molar-refractivity contribution in [1.29, 1.82) is 0 Å². The van der Waals surface area contributed by atoms with E-state index in [1.807, 2.05) is 10.6 Å². The molecule has 0 saturated carbocycles. The van der Waals surface area contributed by atoms with Gasteiger partial charge in [0.15, 0.2) is 11.0 Å². The van der Waals surface area contributed by atoms with Crippen LogP contribution in [-0.4, -0.2) is 66.1 Å². The highest BCUT2D eigenvalue weighted by Gasteiger charge is 2.27. The van der Waals surface area contributed by atoms with Crippen molar-refractivity contribution in [1.82, 2.24) is 19.1 Å². The van der Waals surface area contributed by atoms with E-state index in [9.17, 15) is 8.42 Å². The molecule has 10 heteroatoms.